The molecule has 0 aliphatic heterocycles. The third-order valence-corrected chi connectivity index (χ3v) is 1.78. The van der Waals surface area contributed by atoms with Gasteiger partial charge >= 0.3 is 0 Å². The lowest BCUT2D eigenvalue weighted by Crippen LogP contribution is -1.98. The first kappa shape index (κ1) is 8.76. The zero-order valence-electron chi connectivity index (χ0n) is 5.98. The van der Waals surface area contributed by atoms with E-state index in [1.165, 1.54) is 6.20 Å². The molecule has 62 valence electrons. The summed E-state index contributed by atoms with van der Waals surface area (Å²) in [6.07, 6.45) is 1.52. The van der Waals surface area contributed by atoms with Crippen LogP contribution in [0.4, 0.5) is 5.95 Å². The van der Waals surface area contributed by atoms with Crippen LogP contribution in [0, 0.1) is 0 Å². The molecular formula is C5H5BrN6. The van der Waals surface area contributed by atoms with Crippen molar-refractivity contribution in [2.45, 2.75) is 6.54 Å². The largest absolute Gasteiger partial charge is 0.368 e. The van der Waals surface area contributed by atoms with E-state index >= 15 is 0 Å². The molecule has 0 saturated carbocycles. The highest BCUT2D eigenvalue weighted by Gasteiger charge is 2.00. The van der Waals surface area contributed by atoms with E-state index in [1.807, 2.05) is 0 Å². The van der Waals surface area contributed by atoms with Gasteiger partial charge in [-0.3, -0.25) is 0 Å². The lowest BCUT2D eigenvalue weighted by atomic mass is 10.4. The fraction of sp³-hybridized carbons (Fsp3) is 0.200. The van der Waals surface area contributed by atoms with Crippen LogP contribution < -0.4 is 5.73 Å². The Morgan fingerprint density at radius 3 is 3.17 bits per heavy atom. The highest BCUT2D eigenvalue weighted by atomic mass is 79.9. The van der Waals surface area contributed by atoms with E-state index in [2.05, 4.69) is 35.9 Å². The third kappa shape index (κ3) is 2.08. The van der Waals surface area contributed by atoms with Crippen LogP contribution in [0.2, 0.25) is 0 Å². The molecule has 1 heterocycles. The fourth-order valence-corrected chi connectivity index (χ4v) is 0.944. The third-order valence-electron chi connectivity index (χ3n) is 1.12. The minimum atomic E-state index is 0.168. The van der Waals surface area contributed by atoms with E-state index in [0.717, 1.165) is 0 Å². The minimum Gasteiger partial charge on any atom is -0.368 e. The van der Waals surface area contributed by atoms with Crippen molar-refractivity contribution in [2.75, 3.05) is 5.73 Å². The van der Waals surface area contributed by atoms with Gasteiger partial charge in [-0.1, -0.05) is 5.11 Å². The second-order valence-corrected chi connectivity index (χ2v) is 2.77. The van der Waals surface area contributed by atoms with Crippen molar-refractivity contribution in [3.05, 3.63) is 26.8 Å². The van der Waals surface area contributed by atoms with Crippen molar-refractivity contribution < 1.29 is 0 Å². The molecule has 2 N–H and O–H groups in total. The van der Waals surface area contributed by atoms with Gasteiger partial charge in [0.15, 0.2) is 0 Å². The van der Waals surface area contributed by atoms with Crippen molar-refractivity contribution in [3.8, 4) is 0 Å². The molecule has 6 nitrogen and oxygen atoms in total. The summed E-state index contributed by atoms with van der Waals surface area (Å²) in [5, 5.41) is 3.35. The van der Waals surface area contributed by atoms with E-state index in [1.54, 1.807) is 0 Å². The van der Waals surface area contributed by atoms with E-state index in [4.69, 9.17) is 11.3 Å². The summed E-state index contributed by atoms with van der Waals surface area (Å²) < 4.78 is 0.684. The molecule has 0 atom stereocenters. The molecule has 0 bridgehead atoms. The lowest BCUT2D eigenvalue weighted by Gasteiger charge is -1.98. The van der Waals surface area contributed by atoms with Crippen LogP contribution in [0.15, 0.2) is 15.8 Å². The molecule has 0 fully saturated rings. The smallest absolute Gasteiger partial charge is 0.220 e. The standard InChI is InChI=1S/C5H5BrN6/c6-3-1-9-5(7)11-4(3)2-10-12-8/h1H,2H2,(H2,7,9,11). The number of hydrogen-bond acceptors (Lipinski definition) is 4. The number of nitrogens with two attached hydrogens (primary N) is 1. The van der Waals surface area contributed by atoms with Gasteiger partial charge in [-0.2, -0.15) is 0 Å². The van der Waals surface area contributed by atoms with Crippen molar-refractivity contribution in [3.63, 3.8) is 0 Å². The Balaban J connectivity index is 2.96. The predicted molar refractivity (Wildman–Crippen MR) is 47.0 cm³/mol. The van der Waals surface area contributed by atoms with E-state index < -0.39 is 0 Å². The molecule has 1 aromatic rings. The van der Waals surface area contributed by atoms with Gasteiger partial charge < -0.3 is 5.73 Å². The average Bonchev–Trinajstić information content (AvgIpc) is 2.07. The molecule has 0 aliphatic carbocycles. The summed E-state index contributed by atoms with van der Waals surface area (Å²) in [6, 6.07) is 0. The predicted octanol–water partition coefficient (Wildman–Crippen LogP) is 1.63. The van der Waals surface area contributed by atoms with E-state index in [9.17, 15) is 0 Å². The summed E-state index contributed by atoms with van der Waals surface area (Å²) in [5.41, 5.74) is 14.0. The maximum Gasteiger partial charge on any atom is 0.220 e. The molecule has 0 saturated heterocycles. The number of hydrogen-bond donors (Lipinski definition) is 1. The fourth-order valence-electron chi connectivity index (χ4n) is 0.627. The van der Waals surface area contributed by atoms with Gasteiger partial charge in [-0.25, -0.2) is 9.97 Å². The average molecular weight is 229 g/mol. The van der Waals surface area contributed by atoms with Gasteiger partial charge in [0.05, 0.1) is 16.7 Å². The first-order chi connectivity index (χ1) is 5.74. The van der Waals surface area contributed by atoms with Gasteiger partial charge in [-0.05, 0) is 21.5 Å². The Bertz CT molecular complexity index is 331. The second-order valence-electron chi connectivity index (χ2n) is 1.91. The van der Waals surface area contributed by atoms with Crippen molar-refractivity contribution in [1.82, 2.24) is 9.97 Å². The van der Waals surface area contributed by atoms with Crippen LogP contribution in [0.25, 0.3) is 10.4 Å². The molecule has 1 aromatic heterocycles. The van der Waals surface area contributed by atoms with Crippen molar-refractivity contribution >= 4 is 21.9 Å². The van der Waals surface area contributed by atoms with Gasteiger partial charge in [-0.15, -0.1) is 0 Å². The van der Waals surface area contributed by atoms with Crippen LogP contribution >= 0.6 is 15.9 Å². The Labute approximate surface area is 76.6 Å². The van der Waals surface area contributed by atoms with E-state index in [0.29, 0.717) is 10.2 Å². The maximum absolute atomic E-state index is 8.06. The van der Waals surface area contributed by atoms with Crippen LogP contribution in [-0.2, 0) is 6.54 Å². The summed E-state index contributed by atoms with van der Waals surface area (Å²) in [7, 11) is 0. The first-order valence-electron chi connectivity index (χ1n) is 3.02. The van der Waals surface area contributed by atoms with Gasteiger partial charge in [0.1, 0.15) is 0 Å². The monoisotopic (exact) mass is 228 g/mol. The van der Waals surface area contributed by atoms with Gasteiger partial charge in [0.25, 0.3) is 0 Å². The number of nitrogen functional groups attached to an aromatic ring is 1. The summed E-state index contributed by atoms with van der Waals surface area (Å²) in [5.74, 6) is 0.168. The summed E-state index contributed by atoms with van der Waals surface area (Å²) in [4.78, 5) is 10.2. The van der Waals surface area contributed by atoms with E-state index in [-0.39, 0.29) is 12.5 Å². The molecular weight excluding hydrogens is 224 g/mol. The normalized spacial score (nSPS) is 9.08. The SMILES string of the molecule is [N-]=[N+]=NCc1nc(N)ncc1Br. The molecule has 0 aromatic carbocycles. The molecule has 0 unspecified atom stereocenters. The number of rotatable bonds is 2. The number of nitrogens with zero attached hydrogens (tertiary/aromatic N) is 5. The molecule has 0 aliphatic rings. The molecule has 12 heavy (non-hydrogen) atoms. The van der Waals surface area contributed by atoms with Gasteiger partial charge in [0, 0.05) is 11.1 Å². The Kier molecular flexibility index (Phi) is 2.84. The summed E-state index contributed by atoms with van der Waals surface area (Å²) in [6.45, 7) is 0.170. The molecule has 0 radical (unpaired) electrons. The van der Waals surface area contributed by atoms with Crippen LogP contribution in [0.1, 0.15) is 5.69 Å². The molecule has 1 rings (SSSR count). The second kappa shape index (κ2) is 3.89. The highest BCUT2D eigenvalue weighted by molar-refractivity contribution is 9.10. The van der Waals surface area contributed by atoms with Crippen LogP contribution in [0.5, 0.6) is 0 Å². The molecule has 7 heteroatoms. The quantitative estimate of drug-likeness (QED) is 0.473. The Hall–Kier alpha value is -1.33. The first-order valence-corrected chi connectivity index (χ1v) is 3.81. The number of azide groups is 1. The Morgan fingerprint density at radius 1 is 1.75 bits per heavy atom. The molecule has 0 amide bonds. The number of aromatic nitrogens is 2. The number of anilines is 1. The number of halogens is 1. The van der Waals surface area contributed by atoms with Crippen molar-refractivity contribution in [2.24, 2.45) is 5.11 Å². The maximum atomic E-state index is 8.06. The van der Waals surface area contributed by atoms with Crippen LogP contribution in [0.3, 0.4) is 0 Å². The highest BCUT2D eigenvalue weighted by Crippen LogP contribution is 2.14. The zero-order chi connectivity index (χ0) is 8.97. The topological polar surface area (TPSA) is 101 Å². The zero-order valence-corrected chi connectivity index (χ0v) is 7.56. The Morgan fingerprint density at radius 2 is 2.50 bits per heavy atom. The van der Waals surface area contributed by atoms with Crippen molar-refractivity contribution in [1.29, 1.82) is 0 Å². The lowest BCUT2D eigenvalue weighted by molar-refractivity contribution is 0.948. The van der Waals surface area contributed by atoms with Gasteiger partial charge in [0.2, 0.25) is 5.95 Å². The van der Waals surface area contributed by atoms with Crippen LogP contribution in [-0.4, -0.2) is 9.97 Å². The summed E-state index contributed by atoms with van der Waals surface area (Å²) >= 11 is 3.20. The minimum absolute atomic E-state index is 0.168. The molecule has 0 spiro atoms.